The Morgan fingerprint density at radius 3 is 2.29 bits per heavy atom. The van der Waals surface area contributed by atoms with Crippen LogP contribution in [0.15, 0.2) is 54.6 Å². The lowest BCUT2D eigenvalue weighted by Crippen LogP contribution is -2.20. The van der Waals surface area contributed by atoms with E-state index < -0.39 is 0 Å². The van der Waals surface area contributed by atoms with Gasteiger partial charge in [0.05, 0.1) is 15.7 Å². The van der Waals surface area contributed by atoms with Crippen molar-refractivity contribution in [1.82, 2.24) is 0 Å². The highest BCUT2D eigenvalue weighted by molar-refractivity contribution is 6.42. The Kier molecular flexibility index (Phi) is 5.14. The van der Waals surface area contributed by atoms with Crippen molar-refractivity contribution in [1.29, 1.82) is 0 Å². The summed E-state index contributed by atoms with van der Waals surface area (Å²) in [6.45, 7) is -0.159. The van der Waals surface area contributed by atoms with Crippen LogP contribution in [0.25, 0.3) is 10.8 Å². The molecule has 0 spiro atoms. The minimum Gasteiger partial charge on any atom is -0.484 e. The number of ether oxygens (including phenoxy) is 1. The standard InChI is InChI=1S/C18H12Cl3NO2/c19-13-8-15(20)18(16(21)9-13)22-17(23)10-24-14-6-5-11-3-1-2-4-12(11)7-14/h1-9H,10H2,(H,22,23). The molecule has 6 heteroatoms. The van der Waals surface area contributed by atoms with Crippen LogP contribution in [0.3, 0.4) is 0 Å². The van der Waals surface area contributed by atoms with Gasteiger partial charge in [0.25, 0.3) is 5.91 Å². The first-order chi connectivity index (χ1) is 11.5. The topological polar surface area (TPSA) is 38.3 Å². The van der Waals surface area contributed by atoms with Crippen molar-refractivity contribution in [3.8, 4) is 5.75 Å². The first-order valence-electron chi connectivity index (χ1n) is 7.09. The predicted octanol–water partition coefficient (Wildman–Crippen LogP) is 5.82. The Hall–Kier alpha value is -1.94. The molecule has 3 nitrogen and oxygen atoms in total. The van der Waals surface area contributed by atoms with E-state index in [9.17, 15) is 4.79 Å². The summed E-state index contributed by atoms with van der Waals surface area (Å²) in [6.07, 6.45) is 0. The molecule has 0 bridgehead atoms. The van der Waals surface area contributed by atoms with E-state index in [0.717, 1.165) is 10.8 Å². The molecule has 0 aromatic heterocycles. The SMILES string of the molecule is O=C(COc1ccc2ccccc2c1)Nc1c(Cl)cc(Cl)cc1Cl. The molecule has 3 aromatic rings. The molecule has 0 radical (unpaired) electrons. The van der Waals surface area contributed by atoms with Crippen LogP contribution in [0.5, 0.6) is 5.75 Å². The molecule has 0 aliphatic heterocycles. The molecule has 0 saturated heterocycles. The van der Waals surface area contributed by atoms with Gasteiger partial charge >= 0.3 is 0 Å². The molecule has 1 amide bonds. The lowest BCUT2D eigenvalue weighted by atomic mass is 10.1. The molecule has 0 atom stereocenters. The van der Waals surface area contributed by atoms with Crippen LogP contribution in [0.2, 0.25) is 15.1 Å². The number of rotatable bonds is 4. The second-order valence-electron chi connectivity index (χ2n) is 5.09. The number of halogens is 3. The lowest BCUT2D eigenvalue weighted by molar-refractivity contribution is -0.118. The number of hydrogen-bond acceptors (Lipinski definition) is 2. The third kappa shape index (κ3) is 3.93. The molecule has 122 valence electrons. The van der Waals surface area contributed by atoms with E-state index in [2.05, 4.69) is 5.32 Å². The molecule has 0 fully saturated rings. The van der Waals surface area contributed by atoms with Crippen LogP contribution in [0, 0.1) is 0 Å². The van der Waals surface area contributed by atoms with Gasteiger partial charge in [-0.3, -0.25) is 4.79 Å². The van der Waals surface area contributed by atoms with Gasteiger partial charge in [-0.2, -0.15) is 0 Å². The van der Waals surface area contributed by atoms with Gasteiger partial charge in [-0.15, -0.1) is 0 Å². The number of nitrogens with one attached hydrogen (secondary N) is 1. The summed E-state index contributed by atoms with van der Waals surface area (Å²) in [5, 5.41) is 5.71. The van der Waals surface area contributed by atoms with Crippen molar-refractivity contribution >= 4 is 57.2 Å². The van der Waals surface area contributed by atoms with E-state index in [1.54, 1.807) is 0 Å². The molecular weight excluding hydrogens is 369 g/mol. The zero-order chi connectivity index (χ0) is 17.1. The summed E-state index contributed by atoms with van der Waals surface area (Å²) < 4.78 is 5.53. The van der Waals surface area contributed by atoms with Gasteiger partial charge in [0, 0.05) is 5.02 Å². The zero-order valence-electron chi connectivity index (χ0n) is 12.4. The Morgan fingerprint density at radius 1 is 0.917 bits per heavy atom. The quantitative estimate of drug-likeness (QED) is 0.619. The second-order valence-corrected chi connectivity index (χ2v) is 6.34. The van der Waals surface area contributed by atoms with Crippen molar-refractivity contribution in [3.63, 3.8) is 0 Å². The zero-order valence-corrected chi connectivity index (χ0v) is 14.6. The predicted molar refractivity (Wildman–Crippen MR) is 99.5 cm³/mol. The maximum Gasteiger partial charge on any atom is 0.262 e. The monoisotopic (exact) mass is 379 g/mol. The van der Waals surface area contributed by atoms with E-state index in [0.29, 0.717) is 16.5 Å². The maximum absolute atomic E-state index is 12.1. The smallest absolute Gasteiger partial charge is 0.262 e. The van der Waals surface area contributed by atoms with Crippen LogP contribution >= 0.6 is 34.8 Å². The Morgan fingerprint density at radius 2 is 1.58 bits per heavy atom. The fourth-order valence-electron chi connectivity index (χ4n) is 2.24. The molecule has 3 aromatic carbocycles. The number of anilines is 1. The fraction of sp³-hybridized carbons (Fsp3) is 0.0556. The van der Waals surface area contributed by atoms with Gasteiger partial charge in [0.15, 0.2) is 6.61 Å². The van der Waals surface area contributed by atoms with Crippen LogP contribution in [-0.2, 0) is 4.79 Å². The minimum atomic E-state index is -0.366. The molecule has 3 rings (SSSR count). The highest BCUT2D eigenvalue weighted by Crippen LogP contribution is 2.33. The number of hydrogen-bond donors (Lipinski definition) is 1. The third-order valence-corrected chi connectivity index (χ3v) is 4.18. The largest absolute Gasteiger partial charge is 0.484 e. The molecular formula is C18H12Cl3NO2. The Bertz CT molecular complexity index is 889. The normalized spacial score (nSPS) is 10.6. The molecule has 1 N–H and O–H groups in total. The summed E-state index contributed by atoms with van der Waals surface area (Å²) in [6, 6.07) is 16.6. The molecule has 0 heterocycles. The van der Waals surface area contributed by atoms with Crippen LogP contribution in [0.1, 0.15) is 0 Å². The van der Waals surface area contributed by atoms with Crippen LogP contribution in [-0.4, -0.2) is 12.5 Å². The number of carbonyl (C=O) groups excluding carboxylic acids is 1. The average Bonchev–Trinajstić information content (AvgIpc) is 2.56. The highest BCUT2D eigenvalue weighted by atomic mass is 35.5. The van der Waals surface area contributed by atoms with E-state index in [-0.39, 0.29) is 22.6 Å². The summed E-state index contributed by atoms with van der Waals surface area (Å²) in [7, 11) is 0. The number of benzene rings is 3. The van der Waals surface area contributed by atoms with Crippen LogP contribution < -0.4 is 10.1 Å². The van der Waals surface area contributed by atoms with Gasteiger partial charge in [-0.05, 0) is 35.0 Å². The fourth-order valence-corrected chi connectivity index (χ4v) is 3.15. The van der Waals surface area contributed by atoms with Gasteiger partial charge < -0.3 is 10.1 Å². The molecule has 0 aliphatic carbocycles. The van der Waals surface area contributed by atoms with Gasteiger partial charge in [-0.25, -0.2) is 0 Å². The van der Waals surface area contributed by atoms with Crippen molar-refractivity contribution in [2.45, 2.75) is 0 Å². The van der Waals surface area contributed by atoms with E-state index in [1.807, 2.05) is 42.5 Å². The van der Waals surface area contributed by atoms with E-state index in [1.165, 1.54) is 12.1 Å². The first kappa shape index (κ1) is 16.9. The molecule has 24 heavy (non-hydrogen) atoms. The summed E-state index contributed by atoms with van der Waals surface area (Å²) in [5.74, 6) is 0.242. The Balaban J connectivity index is 1.67. The molecule has 0 unspecified atom stereocenters. The summed E-state index contributed by atoms with van der Waals surface area (Å²) >= 11 is 17.9. The van der Waals surface area contributed by atoms with E-state index >= 15 is 0 Å². The van der Waals surface area contributed by atoms with Crippen molar-refractivity contribution in [2.75, 3.05) is 11.9 Å². The van der Waals surface area contributed by atoms with Gasteiger partial charge in [0.2, 0.25) is 0 Å². The highest BCUT2D eigenvalue weighted by Gasteiger charge is 2.12. The van der Waals surface area contributed by atoms with E-state index in [4.69, 9.17) is 39.5 Å². The minimum absolute atomic E-state index is 0.159. The lowest BCUT2D eigenvalue weighted by Gasteiger charge is -2.11. The molecule has 0 saturated carbocycles. The number of amides is 1. The maximum atomic E-state index is 12.1. The van der Waals surface area contributed by atoms with Crippen molar-refractivity contribution in [3.05, 3.63) is 69.7 Å². The number of fused-ring (bicyclic) bond motifs is 1. The number of carbonyl (C=O) groups is 1. The van der Waals surface area contributed by atoms with Crippen LogP contribution in [0.4, 0.5) is 5.69 Å². The summed E-state index contributed by atoms with van der Waals surface area (Å²) in [5.41, 5.74) is 0.315. The average molecular weight is 381 g/mol. The van der Waals surface area contributed by atoms with Gasteiger partial charge in [0.1, 0.15) is 5.75 Å². The molecule has 0 aliphatic rings. The Labute approximate surface area is 154 Å². The van der Waals surface area contributed by atoms with Gasteiger partial charge in [-0.1, -0.05) is 65.1 Å². The van der Waals surface area contributed by atoms with Crippen molar-refractivity contribution in [2.24, 2.45) is 0 Å². The summed E-state index contributed by atoms with van der Waals surface area (Å²) in [4.78, 5) is 12.1. The first-order valence-corrected chi connectivity index (χ1v) is 8.22. The third-order valence-electron chi connectivity index (χ3n) is 3.36. The van der Waals surface area contributed by atoms with Crippen molar-refractivity contribution < 1.29 is 9.53 Å². The second kappa shape index (κ2) is 7.31.